The predicted molar refractivity (Wildman–Crippen MR) is 132 cm³/mol. The minimum atomic E-state index is -4.54. The van der Waals surface area contributed by atoms with Crippen LogP contribution >= 0.6 is 11.6 Å². The van der Waals surface area contributed by atoms with E-state index in [4.69, 9.17) is 16.3 Å². The Hall–Kier alpha value is -3.55. The van der Waals surface area contributed by atoms with Gasteiger partial charge in [0.05, 0.1) is 11.6 Å². The van der Waals surface area contributed by atoms with Crippen LogP contribution in [0.15, 0.2) is 66.0 Å². The number of benzene rings is 1. The van der Waals surface area contributed by atoms with Crippen LogP contribution in [0, 0.1) is 22.5 Å². The lowest BCUT2D eigenvalue weighted by atomic mass is 9.84. The van der Waals surface area contributed by atoms with Gasteiger partial charge >= 0.3 is 6.18 Å². The summed E-state index contributed by atoms with van der Waals surface area (Å²) in [6, 6.07) is 10.5. The van der Waals surface area contributed by atoms with Gasteiger partial charge in [0.2, 0.25) is 5.88 Å². The first-order valence-electron chi connectivity index (χ1n) is 11.3. The Balaban J connectivity index is 1.80. The summed E-state index contributed by atoms with van der Waals surface area (Å²) >= 11 is 6.00. The van der Waals surface area contributed by atoms with Gasteiger partial charge in [0.25, 0.3) is 5.91 Å². The standard InChI is InChI=1S/C26H25ClF3N4O3/c1-16(33-24(35)25(2,3)37-23-9-6-20(13-32-23)26(28,29)30)22(11-17-4-7-21(27)8-5-17)19-10-18(12-31)14-34(36)15-19/h4-10,13,15-16,22H,11,14H2,1-3H3,(H,33,35)/q-1. The smallest absolute Gasteiger partial charge is 0.417 e. The zero-order chi connectivity index (χ0) is 27.4. The first kappa shape index (κ1) is 28.0. The van der Waals surface area contributed by atoms with Crippen molar-refractivity contribution in [2.75, 3.05) is 6.54 Å². The summed E-state index contributed by atoms with van der Waals surface area (Å²) in [7, 11) is 0. The third-order valence-electron chi connectivity index (χ3n) is 5.83. The van der Waals surface area contributed by atoms with E-state index in [0.29, 0.717) is 33.8 Å². The summed E-state index contributed by atoms with van der Waals surface area (Å²) in [6.07, 6.45) is -0.434. The fourth-order valence-electron chi connectivity index (χ4n) is 3.79. The first-order chi connectivity index (χ1) is 17.3. The van der Waals surface area contributed by atoms with Crippen molar-refractivity contribution in [2.45, 2.75) is 45.0 Å². The topological polar surface area (TPSA) is 101 Å². The number of rotatable bonds is 8. The van der Waals surface area contributed by atoms with Crippen LogP contribution in [0.1, 0.15) is 31.9 Å². The Morgan fingerprint density at radius 1 is 1.27 bits per heavy atom. The molecule has 11 heteroatoms. The van der Waals surface area contributed by atoms with E-state index in [1.165, 1.54) is 20.0 Å². The zero-order valence-electron chi connectivity index (χ0n) is 20.3. The van der Waals surface area contributed by atoms with Crippen LogP contribution in [0.5, 0.6) is 5.88 Å². The highest BCUT2D eigenvalue weighted by Crippen LogP contribution is 2.30. The molecule has 1 aliphatic rings. The molecule has 0 aliphatic carbocycles. The second kappa shape index (κ2) is 11.2. The third-order valence-corrected chi connectivity index (χ3v) is 6.09. The number of allylic oxidation sites excluding steroid dienone is 1. The number of hydrogen-bond acceptors (Lipinski definition) is 6. The molecule has 37 heavy (non-hydrogen) atoms. The van der Waals surface area contributed by atoms with Gasteiger partial charge in [-0.15, -0.1) is 0 Å². The van der Waals surface area contributed by atoms with E-state index >= 15 is 0 Å². The molecule has 2 aromatic rings. The third kappa shape index (κ3) is 7.47. The SMILES string of the molecule is CC(NC(=O)C(C)(C)Oc1ccc(C(F)(F)F)cn1)C(Cc1ccc(Cl)cc1)C1=CN([O-])CC(C#N)=C1. The van der Waals surface area contributed by atoms with Crippen molar-refractivity contribution in [3.63, 3.8) is 0 Å². The van der Waals surface area contributed by atoms with Crippen LogP contribution in [0.4, 0.5) is 13.2 Å². The van der Waals surface area contributed by atoms with Crippen molar-refractivity contribution >= 4 is 17.5 Å². The summed E-state index contributed by atoms with van der Waals surface area (Å²) in [5.74, 6) is -1.08. The molecule has 0 spiro atoms. The molecular formula is C26H25ClF3N4O3-. The van der Waals surface area contributed by atoms with Gasteiger partial charge < -0.3 is 20.3 Å². The van der Waals surface area contributed by atoms with Crippen LogP contribution < -0.4 is 10.1 Å². The van der Waals surface area contributed by atoms with E-state index in [2.05, 4.69) is 10.3 Å². The number of pyridine rings is 1. The van der Waals surface area contributed by atoms with Crippen LogP contribution in [0.3, 0.4) is 0 Å². The molecule has 1 aromatic carbocycles. The van der Waals surface area contributed by atoms with Gasteiger partial charge in [0, 0.05) is 41.4 Å². The Bertz CT molecular complexity index is 1220. The number of amides is 1. The Morgan fingerprint density at radius 2 is 1.95 bits per heavy atom. The molecule has 0 saturated heterocycles. The molecule has 2 heterocycles. The molecule has 0 radical (unpaired) electrons. The lowest BCUT2D eigenvalue weighted by Crippen LogP contribution is -2.51. The van der Waals surface area contributed by atoms with Crippen LogP contribution in [-0.4, -0.2) is 34.1 Å². The largest absolute Gasteiger partial charge is 0.758 e. The van der Waals surface area contributed by atoms with Crippen molar-refractivity contribution in [3.8, 4) is 11.9 Å². The second-order valence-electron chi connectivity index (χ2n) is 9.18. The van der Waals surface area contributed by atoms with Gasteiger partial charge in [0.15, 0.2) is 5.60 Å². The van der Waals surface area contributed by atoms with Crippen molar-refractivity contribution < 1.29 is 22.7 Å². The van der Waals surface area contributed by atoms with Gasteiger partial charge in [-0.2, -0.15) is 18.4 Å². The normalized spacial score (nSPS) is 15.7. The Morgan fingerprint density at radius 3 is 2.51 bits per heavy atom. The zero-order valence-corrected chi connectivity index (χ0v) is 21.1. The number of nitrogens with zero attached hydrogens (tertiary/aromatic N) is 3. The average molecular weight is 534 g/mol. The number of nitrogens with one attached hydrogen (secondary N) is 1. The summed E-state index contributed by atoms with van der Waals surface area (Å²) in [6.45, 7) is 4.63. The molecular weight excluding hydrogens is 509 g/mol. The molecule has 0 saturated carbocycles. The van der Waals surface area contributed by atoms with Crippen molar-refractivity contribution in [1.82, 2.24) is 15.4 Å². The quantitative estimate of drug-likeness (QED) is 0.486. The molecule has 2 atom stereocenters. The van der Waals surface area contributed by atoms with Crippen molar-refractivity contribution in [1.29, 1.82) is 5.26 Å². The molecule has 1 amide bonds. The number of aromatic nitrogens is 1. The van der Waals surface area contributed by atoms with E-state index in [1.54, 1.807) is 25.1 Å². The fraction of sp³-hybridized carbons (Fsp3) is 0.346. The summed E-state index contributed by atoms with van der Waals surface area (Å²) in [5, 5.41) is 25.6. The highest BCUT2D eigenvalue weighted by atomic mass is 35.5. The lowest BCUT2D eigenvalue weighted by molar-refractivity contribution is -0.138. The van der Waals surface area contributed by atoms with E-state index < -0.39 is 35.2 Å². The second-order valence-corrected chi connectivity index (χ2v) is 9.62. The van der Waals surface area contributed by atoms with Gasteiger partial charge in [-0.05, 0) is 68.8 Å². The minimum Gasteiger partial charge on any atom is -0.758 e. The van der Waals surface area contributed by atoms with Gasteiger partial charge in [-0.3, -0.25) is 4.79 Å². The number of hydrogen-bond donors (Lipinski definition) is 1. The lowest BCUT2D eigenvalue weighted by Gasteiger charge is -2.35. The van der Waals surface area contributed by atoms with E-state index in [1.807, 2.05) is 18.2 Å². The number of hydroxylamine groups is 2. The molecule has 196 valence electrons. The number of carbonyl (C=O) groups excluding carboxylic acids is 1. The number of nitriles is 1. The molecule has 1 aliphatic heterocycles. The average Bonchev–Trinajstić information content (AvgIpc) is 2.82. The monoisotopic (exact) mass is 533 g/mol. The molecule has 0 bridgehead atoms. The van der Waals surface area contributed by atoms with Crippen molar-refractivity contribution in [3.05, 3.63) is 87.4 Å². The summed E-state index contributed by atoms with van der Waals surface area (Å²) < 4.78 is 44.0. The molecule has 1 N–H and O–H groups in total. The van der Waals surface area contributed by atoms with E-state index in [9.17, 15) is 28.4 Å². The van der Waals surface area contributed by atoms with E-state index in [0.717, 1.165) is 17.7 Å². The van der Waals surface area contributed by atoms with Gasteiger partial charge in [0.1, 0.15) is 0 Å². The Labute approximate surface area is 217 Å². The predicted octanol–water partition coefficient (Wildman–Crippen LogP) is 5.42. The fourth-order valence-corrected chi connectivity index (χ4v) is 3.92. The maximum atomic E-state index is 13.2. The molecule has 2 unspecified atom stereocenters. The molecule has 7 nitrogen and oxygen atoms in total. The van der Waals surface area contributed by atoms with Crippen LogP contribution in [0.2, 0.25) is 5.02 Å². The Kier molecular flexibility index (Phi) is 8.51. The number of halogens is 4. The van der Waals surface area contributed by atoms with Crippen LogP contribution in [0.25, 0.3) is 0 Å². The first-order valence-corrected chi connectivity index (χ1v) is 11.7. The molecule has 0 fully saturated rings. The maximum absolute atomic E-state index is 13.2. The summed E-state index contributed by atoms with van der Waals surface area (Å²) in [5.41, 5.74) is -0.646. The highest BCUT2D eigenvalue weighted by Gasteiger charge is 2.35. The maximum Gasteiger partial charge on any atom is 0.417 e. The number of ether oxygens (including phenoxy) is 1. The van der Waals surface area contributed by atoms with Crippen molar-refractivity contribution in [2.24, 2.45) is 5.92 Å². The molecule has 1 aromatic heterocycles. The number of alkyl halides is 3. The van der Waals surface area contributed by atoms with Gasteiger partial charge in [-0.1, -0.05) is 23.7 Å². The highest BCUT2D eigenvalue weighted by molar-refractivity contribution is 6.30. The molecule has 3 rings (SSSR count). The summed E-state index contributed by atoms with van der Waals surface area (Å²) in [4.78, 5) is 16.8. The minimum absolute atomic E-state index is 0.0601. The van der Waals surface area contributed by atoms with Gasteiger partial charge in [-0.25, -0.2) is 4.98 Å². The number of carbonyl (C=O) groups is 1. The van der Waals surface area contributed by atoms with Crippen LogP contribution in [-0.2, 0) is 17.4 Å². The van der Waals surface area contributed by atoms with E-state index in [-0.39, 0.29) is 12.4 Å².